The monoisotopic (exact) mass is 332 g/mol. The molecule has 1 saturated heterocycles. The summed E-state index contributed by atoms with van der Waals surface area (Å²) in [4.78, 5) is 14.3. The van der Waals surface area contributed by atoms with Crippen LogP contribution in [0.5, 0.6) is 0 Å². The van der Waals surface area contributed by atoms with Gasteiger partial charge in [-0.2, -0.15) is 18.3 Å². The molecule has 1 atom stereocenters. The topological polar surface area (TPSA) is 50.2 Å². The van der Waals surface area contributed by atoms with Crippen molar-refractivity contribution in [2.45, 2.75) is 44.8 Å². The summed E-state index contributed by atoms with van der Waals surface area (Å²) in [5.74, 6) is -0.725. The minimum atomic E-state index is -4.63. The van der Waals surface area contributed by atoms with Crippen molar-refractivity contribution in [3.8, 4) is 0 Å². The molecule has 23 heavy (non-hydrogen) atoms. The van der Waals surface area contributed by atoms with Gasteiger partial charge in [0, 0.05) is 32.4 Å². The number of aromatic nitrogens is 2. The molecule has 0 unspecified atom stereocenters. The zero-order chi connectivity index (χ0) is 17.0. The fraction of sp³-hybridized carbons (Fsp3) is 0.733. The van der Waals surface area contributed by atoms with E-state index in [1.54, 1.807) is 0 Å². The van der Waals surface area contributed by atoms with E-state index in [0.717, 1.165) is 30.4 Å². The second-order valence-electron chi connectivity index (χ2n) is 6.05. The van der Waals surface area contributed by atoms with Gasteiger partial charge in [-0.05, 0) is 32.7 Å². The van der Waals surface area contributed by atoms with Crippen LogP contribution in [0.1, 0.15) is 48.7 Å². The van der Waals surface area contributed by atoms with Crippen molar-refractivity contribution < 1.29 is 18.0 Å². The Morgan fingerprint density at radius 3 is 2.83 bits per heavy atom. The van der Waals surface area contributed by atoms with E-state index in [-0.39, 0.29) is 0 Å². The van der Waals surface area contributed by atoms with Crippen LogP contribution in [-0.2, 0) is 13.2 Å². The summed E-state index contributed by atoms with van der Waals surface area (Å²) in [5.41, 5.74) is -1.56. The van der Waals surface area contributed by atoms with Crippen LogP contribution in [0.15, 0.2) is 6.20 Å². The predicted octanol–water partition coefficient (Wildman–Crippen LogP) is 2.43. The maximum atomic E-state index is 12.8. The summed E-state index contributed by atoms with van der Waals surface area (Å²) < 4.78 is 39.5. The first-order valence-electron chi connectivity index (χ1n) is 7.92. The molecule has 2 rings (SSSR count). The smallest absolute Gasteiger partial charge is 0.352 e. The third-order valence-electron chi connectivity index (χ3n) is 4.19. The summed E-state index contributed by atoms with van der Waals surface area (Å²) in [7, 11) is 1.36. The Kier molecular flexibility index (Phi) is 5.67. The van der Waals surface area contributed by atoms with Crippen molar-refractivity contribution in [1.82, 2.24) is 20.0 Å². The largest absolute Gasteiger partial charge is 0.435 e. The fourth-order valence-corrected chi connectivity index (χ4v) is 2.93. The van der Waals surface area contributed by atoms with Gasteiger partial charge in [-0.25, -0.2) is 0 Å². The second kappa shape index (κ2) is 7.33. The highest BCUT2D eigenvalue weighted by Gasteiger charge is 2.38. The molecule has 1 aliphatic rings. The molecule has 1 fully saturated rings. The van der Waals surface area contributed by atoms with Gasteiger partial charge in [0.15, 0.2) is 5.69 Å². The average Bonchev–Trinajstić information content (AvgIpc) is 2.87. The van der Waals surface area contributed by atoms with Gasteiger partial charge in [0.25, 0.3) is 5.91 Å². The number of amides is 1. The minimum Gasteiger partial charge on any atom is -0.352 e. The Morgan fingerprint density at radius 2 is 2.17 bits per heavy atom. The van der Waals surface area contributed by atoms with Crippen LogP contribution in [0.4, 0.5) is 13.2 Å². The second-order valence-corrected chi connectivity index (χ2v) is 6.05. The molecule has 130 valence electrons. The third kappa shape index (κ3) is 4.70. The molecule has 0 saturated carbocycles. The number of likely N-dealkylation sites (tertiary alicyclic amines) is 1. The summed E-state index contributed by atoms with van der Waals surface area (Å²) in [6.07, 6.45) is 0.799. The molecule has 1 N–H and O–H groups in total. The van der Waals surface area contributed by atoms with Crippen LogP contribution in [0.2, 0.25) is 0 Å². The van der Waals surface area contributed by atoms with Gasteiger partial charge in [0.2, 0.25) is 0 Å². The lowest BCUT2D eigenvalue weighted by molar-refractivity contribution is -0.141. The van der Waals surface area contributed by atoms with Crippen molar-refractivity contribution in [3.05, 3.63) is 17.5 Å². The van der Waals surface area contributed by atoms with Crippen molar-refractivity contribution in [3.63, 3.8) is 0 Å². The van der Waals surface area contributed by atoms with Crippen LogP contribution < -0.4 is 5.32 Å². The number of hydrogen-bond donors (Lipinski definition) is 1. The van der Waals surface area contributed by atoms with Crippen LogP contribution >= 0.6 is 0 Å². The molecule has 5 nitrogen and oxygen atoms in total. The average molecular weight is 332 g/mol. The first kappa shape index (κ1) is 17.8. The number of aryl methyl sites for hydroxylation is 1. The molecule has 0 aliphatic carbocycles. The molecular weight excluding hydrogens is 309 g/mol. The number of piperidine rings is 1. The Bertz CT molecular complexity index is 541. The molecule has 2 heterocycles. The summed E-state index contributed by atoms with van der Waals surface area (Å²) in [5, 5.41) is 5.90. The standard InChI is InChI=1S/C15H23F3N4O/c1-11-6-3-4-8-22(11)9-5-7-19-14(23)12-10-21(2)20-13(12)15(16,17)18/h10-11H,3-9H2,1-2H3,(H,19,23)/t11-/m1/s1. The molecule has 1 aliphatic heterocycles. The first-order valence-corrected chi connectivity index (χ1v) is 7.92. The zero-order valence-electron chi connectivity index (χ0n) is 13.5. The molecule has 0 radical (unpaired) electrons. The number of carbonyl (C=O) groups excluding carboxylic acids is 1. The number of nitrogens with zero attached hydrogens (tertiary/aromatic N) is 3. The first-order chi connectivity index (χ1) is 10.8. The Hall–Kier alpha value is -1.57. The van der Waals surface area contributed by atoms with Crippen molar-refractivity contribution in [2.75, 3.05) is 19.6 Å². The lowest BCUT2D eigenvalue weighted by Crippen LogP contribution is -2.39. The van der Waals surface area contributed by atoms with E-state index >= 15 is 0 Å². The number of carbonyl (C=O) groups is 1. The van der Waals surface area contributed by atoms with E-state index in [0.29, 0.717) is 12.6 Å². The van der Waals surface area contributed by atoms with Gasteiger partial charge in [0.05, 0.1) is 5.56 Å². The number of alkyl halides is 3. The molecule has 0 aromatic carbocycles. The molecule has 1 amide bonds. The molecule has 8 heteroatoms. The number of rotatable bonds is 5. The van der Waals surface area contributed by atoms with Gasteiger partial charge in [-0.15, -0.1) is 0 Å². The minimum absolute atomic E-state index is 0.355. The normalized spacial score (nSPS) is 19.8. The molecule has 0 bridgehead atoms. The van der Waals surface area contributed by atoms with Gasteiger partial charge < -0.3 is 10.2 Å². The van der Waals surface area contributed by atoms with Gasteiger partial charge in [0.1, 0.15) is 0 Å². The zero-order valence-corrected chi connectivity index (χ0v) is 13.5. The van der Waals surface area contributed by atoms with Gasteiger partial charge >= 0.3 is 6.18 Å². The van der Waals surface area contributed by atoms with Crippen LogP contribution in [0, 0.1) is 0 Å². The molecule has 1 aromatic heterocycles. The van der Waals surface area contributed by atoms with Gasteiger partial charge in [-0.1, -0.05) is 6.42 Å². The van der Waals surface area contributed by atoms with E-state index in [9.17, 15) is 18.0 Å². The lowest BCUT2D eigenvalue weighted by atomic mass is 10.0. The quantitative estimate of drug-likeness (QED) is 0.843. The van der Waals surface area contributed by atoms with Crippen LogP contribution in [0.25, 0.3) is 0 Å². The highest BCUT2D eigenvalue weighted by atomic mass is 19.4. The molecule has 1 aromatic rings. The fourth-order valence-electron chi connectivity index (χ4n) is 2.93. The van der Waals surface area contributed by atoms with E-state index in [4.69, 9.17) is 0 Å². The van der Waals surface area contributed by atoms with Gasteiger partial charge in [-0.3, -0.25) is 9.48 Å². The summed E-state index contributed by atoms with van der Waals surface area (Å²) in [6, 6.07) is 0.537. The molecular formula is C15H23F3N4O. The molecule has 0 spiro atoms. The van der Waals surface area contributed by atoms with Crippen LogP contribution in [0.3, 0.4) is 0 Å². The van der Waals surface area contributed by atoms with Crippen molar-refractivity contribution in [2.24, 2.45) is 7.05 Å². The van der Waals surface area contributed by atoms with Crippen molar-refractivity contribution >= 4 is 5.91 Å². The SMILES string of the molecule is C[C@@H]1CCCCN1CCCNC(=O)c1cn(C)nc1C(F)(F)F. The highest BCUT2D eigenvalue weighted by Crippen LogP contribution is 2.30. The number of nitrogens with one attached hydrogen (secondary N) is 1. The van der Waals surface area contributed by atoms with E-state index in [1.165, 1.54) is 26.3 Å². The summed E-state index contributed by atoms with van der Waals surface area (Å²) >= 11 is 0. The Morgan fingerprint density at radius 1 is 1.43 bits per heavy atom. The number of halogens is 3. The maximum absolute atomic E-state index is 12.8. The lowest BCUT2D eigenvalue weighted by Gasteiger charge is -2.33. The van der Waals surface area contributed by atoms with E-state index in [2.05, 4.69) is 22.2 Å². The third-order valence-corrected chi connectivity index (χ3v) is 4.19. The van der Waals surface area contributed by atoms with E-state index in [1.807, 2.05) is 0 Å². The highest BCUT2D eigenvalue weighted by molar-refractivity contribution is 5.95. The Balaban J connectivity index is 1.83. The Labute approximate surface area is 133 Å². The predicted molar refractivity (Wildman–Crippen MR) is 80.0 cm³/mol. The maximum Gasteiger partial charge on any atom is 0.435 e. The van der Waals surface area contributed by atoms with Crippen LogP contribution in [-0.4, -0.2) is 46.3 Å². The number of hydrogen-bond acceptors (Lipinski definition) is 3. The van der Waals surface area contributed by atoms with Crippen molar-refractivity contribution in [1.29, 1.82) is 0 Å². The summed E-state index contributed by atoms with van der Waals surface area (Å²) in [6.45, 7) is 4.44. The van der Waals surface area contributed by atoms with E-state index < -0.39 is 23.3 Å².